The number of rotatable bonds is 7. The van der Waals surface area contributed by atoms with Gasteiger partial charge >= 0.3 is 0 Å². The number of aromatic nitrogens is 2. The standard InChI is InChI=1S/C19H24N4O2/c1-22(12-4-14-23-13-3-11-20-23)19(25)16-7-9-17(10-8-16)21-18(24)15-5-2-6-15/h3,7-11,13,15H,2,4-6,12,14H2,1H3,(H,21,24). The third kappa shape index (κ3) is 4.47. The van der Waals surface area contributed by atoms with Gasteiger partial charge in [0.1, 0.15) is 0 Å². The van der Waals surface area contributed by atoms with Crippen LogP contribution in [-0.2, 0) is 11.3 Å². The Balaban J connectivity index is 1.48. The van der Waals surface area contributed by atoms with Crippen molar-refractivity contribution in [3.63, 3.8) is 0 Å². The fourth-order valence-electron chi connectivity index (χ4n) is 2.84. The summed E-state index contributed by atoms with van der Waals surface area (Å²) in [5, 5.41) is 7.07. The Morgan fingerprint density at radius 2 is 2.04 bits per heavy atom. The zero-order valence-corrected chi connectivity index (χ0v) is 14.5. The number of nitrogens with zero attached hydrogens (tertiary/aromatic N) is 3. The molecule has 0 bridgehead atoms. The minimum absolute atomic E-state index is 0.0164. The Morgan fingerprint density at radius 3 is 2.64 bits per heavy atom. The molecule has 1 N–H and O–H groups in total. The van der Waals surface area contributed by atoms with E-state index in [2.05, 4.69) is 10.4 Å². The second kappa shape index (κ2) is 7.96. The molecule has 1 aliphatic rings. The molecular weight excluding hydrogens is 316 g/mol. The van der Waals surface area contributed by atoms with Gasteiger partial charge < -0.3 is 10.2 Å². The molecule has 25 heavy (non-hydrogen) atoms. The minimum Gasteiger partial charge on any atom is -0.342 e. The topological polar surface area (TPSA) is 67.2 Å². The molecule has 1 aromatic carbocycles. The van der Waals surface area contributed by atoms with Gasteiger partial charge in [-0.1, -0.05) is 6.42 Å². The maximum absolute atomic E-state index is 12.5. The van der Waals surface area contributed by atoms with Crippen LogP contribution in [0.3, 0.4) is 0 Å². The number of aryl methyl sites for hydroxylation is 1. The molecule has 132 valence electrons. The van der Waals surface area contributed by atoms with Crippen molar-refractivity contribution in [1.82, 2.24) is 14.7 Å². The van der Waals surface area contributed by atoms with E-state index in [9.17, 15) is 9.59 Å². The van der Waals surface area contributed by atoms with Gasteiger partial charge in [0.15, 0.2) is 0 Å². The number of nitrogens with one attached hydrogen (secondary N) is 1. The fraction of sp³-hybridized carbons (Fsp3) is 0.421. The van der Waals surface area contributed by atoms with Crippen molar-refractivity contribution in [1.29, 1.82) is 0 Å². The normalized spacial score (nSPS) is 14.0. The summed E-state index contributed by atoms with van der Waals surface area (Å²) in [4.78, 5) is 26.1. The third-order valence-corrected chi connectivity index (χ3v) is 4.66. The smallest absolute Gasteiger partial charge is 0.253 e. The summed E-state index contributed by atoms with van der Waals surface area (Å²) >= 11 is 0. The molecule has 1 aromatic heterocycles. The van der Waals surface area contributed by atoms with Gasteiger partial charge in [-0.3, -0.25) is 14.3 Å². The van der Waals surface area contributed by atoms with Gasteiger partial charge in [0.25, 0.3) is 5.91 Å². The second-order valence-corrected chi connectivity index (χ2v) is 6.54. The summed E-state index contributed by atoms with van der Waals surface area (Å²) in [7, 11) is 1.80. The first-order chi connectivity index (χ1) is 12.1. The maximum atomic E-state index is 12.5. The van der Waals surface area contributed by atoms with Crippen LogP contribution in [0.2, 0.25) is 0 Å². The Bertz CT molecular complexity index is 706. The number of benzene rings is 1. The van der Waals surface area contributed by atoms with E-state index in [0.717, 1.165) is 37.9 Å². The van der Waals surface area contributed by atoms with Crippen LogP contribution in [0, 0.1) is 5.92 Å². The molecular formula is C19H24N4O2. The van der Waals surface area contributed by atoms with E-state index < -0.39 is 0 Å². The molecule has 6 nitrogen and oxygen atoms in total. The largest absolute Gasteiger partial charge is 0.342 e. The highest BCUT2D eigenvalue weighted by molar-refractivity contribution is 5.96. The van der Waals surface area contributed by atoms with Crippen molar-refractivity contribution in [3.8, 4) is 0 Å². The predicted octanol–water partition coefficient (Wildman–Crippen LogP) is 2.78. The Kier molecular flexibility index (Phi) is 5.48. The molecule has 1 aliphatic carbocycles. The highest BCUT2D eigenvalue weighted by Crippen LogP contribution is 2.27. The first-order valence-electron chi connectivity index (χ1n) is 8.77. The van der Waals surface area contributed by atoms with E-state index in [1.54, 1.807) is 42.4 Å². The van der Waals surface area contributed by atoms with Crippen LogP contribution in [0.4, 0.5) is 5.69 Å². The predicted molar refractivity (Wildman–Crippen MR) is 96.2 cm³/mol. The number of carbonyl (C=O) groups is 2. The molecule has 2 amide bonds. The molecule has 2 aromatic rings. The van der Waals surface area contributed by atoms with Gasteiger partial charge in [-0.15, -0.1) is 0 Å². The van der Waals surface area contributed by atoms with Gasteiger partial charge in [0, 0.05) is 49.7 Å². The van der Waals surface area contributed by atoms with Gasteiger partial charge in [-0.25, -0.2) is 0 Å². The lowest BCUT2D eigenvalue weighted by atomic mass is 9.85. The fourth-order valence-corrected chi connectivity index (χ4v) is 2.84. The number of amides is 2. The molecule has 1 heterocycles. The van der Waals surface area contributed by atoms with Crippen LogP contribution in [-0.4, -0.2) is 40.1 Å². The molecule has 1 saturated carbocycles. The molecule has 0 atom stereocenters. The van der Waals surface area contributed by atoms with Crippen LogP contribution in [0.25, 0.3) is 0 Å². The Labute approximate surface area is 147 Å². The van der Waals surface area contributed by atoms with E-state index >= 15 is 0 Å². The highest BCUT2D eigenvalue weighted by atomic mass is 16.2. The van der Waals surface area contributed by atoms with Crippen LogP contribution < -0.4 is 5.32 Å². The van der Waals surface area contributed by atoms with E-state index in [4.69, 9.17) is 0 Å². The maximum Gasteiger partial charge on any atom is 0.253 e. The van der Waals surface area contributed by atoms with Crippen molar-refractivity contribution in [3.05, 3.63) is 48.3 Å². The third-order valence-electron chi connectivity index (χ3n) is 4.66. The highest BCUT2D eigenvalue weighted by Gasteiger charge is 2.25. The van der Waals surface area contributed by atoms with Crippen molar-refractivity contribution in [2.24, 2.45) is 5.92 Å². The zero-order chi connectivity index (χ0) is 17.6. The van der Waals surface area contributed by atoms with Crippen LogP contribution in [0.1, 0.15) is 36.0 Å². The first kappa shape index (κ1) is 17.2. The van der Waals surface area contributed by atoms with E-state index in [0.29, 0.717) is 12.1 Å². The molecule has 0 radical (unpaired) electrons. The summed E-state index contributed by atoms with van der Waals surface area (Å²) in [5.74, 6) is 0.223. The number of hydrogen-bond donors (Lipinski definition) is 1. The lowest BCUT2D eigenvalue weighted by molar-refractivity contribution is -0.122. The summed E-state index contributed by atoms with van der Waals surface area (Å²) in [5.41, 5.74) is 1.37. The van der Waals surface area contributed by atoms with Gasteiger partial charge in [0.05, 0.1) is 0 Å². The van der Waals surface area contributed by atoms with Gasteiger partial charge in [-0.05, 0) is 49.6 Å². The average molecular weight is 340 g/mol. The number of hydrogen-bond acceptors (Lipinski definition) is 3. The van der Waals surface area contributed by atoms with E-state index in [1.807, 2.05) is 16.9 Å². The first-order valence-corrected chi connectivity index (χ1v) is 8.77. The van der Waals surface area contributed by atoms with Crippen LogP contribution >= 0.6 is 0 Å². The average Bonchev–Trinajstić information content (AvgIpc) is 3.06. The SMILES string of the molecule is CN(CCCn1cccn1)C(=O)c1ccc(NC(=O)C2CCC2)cc1. The quantitative estimate of drug-likeness (QED) is 0.843. The lowest BCUT2D eigenvalue weighted by Gasteiger charge is -2.24. The van der Waals surface area contributed by atoms with E-state index in [-0.39, 0.29) is 17.7 Å². The van der Waals surface area contributed by atoms with Gasteiger partial charge in [0.2, 0.25) is 5.91 Å². The van der Waals surface area contributed by atoms with Crippen molar-refractivity contribution >= 4 is 17.5 Å². The molecule has 1 fully saturated rings. The summed E-state index contributed by atoms with van der Waals surface area (Å²) in [6, 6.07) is 9.01. The lowest BCUT2D eigenvalue weighted by Crippen LogP contribution is -2.29. The monoisotopic (exact) mass is 340 g/mol. The molecule has 6 heteroatoms. The van der Waals surface area contributed by atoms with Crippen LogP contribution in [0.15, 0.2) is 42.7 Å². The summed E-state index contributed by atoms with van der Waals surface area (Å²) in [6.45, 7) is 1.45. The zero-order valence-electron chi connectivity index (χ0n) is 14.5. The van der Waals surface area contributed by atoms with Crippen LogP contribution in [0.5, 0.6) is 0 Å². The number of carbonyl (C=O) groups excluding carboxylic acids is 2. The van der Waals surface area contributed by atoms with Crippen molar-refractivity contribution in [2.45, 2.75) is 32.2 Å². The Hall–Kier alpha value is -2.63. The summed E-state index contributed by atoms with van der Waals surface area (Å²) in [6.07, 6.45) is 7.60. The van der Waals surface area contributed by atoms with Crippen molar-refractivity contribution in [2.75, 3.05) is 18.9 Å². The molecule has 0 spiro atoms. The molecule has 0 aliphatic heterocycles. The molecule has 0 unspecified atom stereocenters. The molecule has 0 saturated heterocycles. The molecule has 3 rings (SSSR count). The van der Waals surface area contributed by atoms with Gasteiger partial charge in [-0.2, -0.15) is 5.10 Å². The van der Waals surface area contributed by atoms with Crippen molar-refractivity contribution < 1.29 is 9.59 Å². The Morgan fingerprint density at radius 1 is 1.28 bits per heavy atom. The van der Waals surface area contributed by atoms with E-state index in [1.165, 1.54) is 0 Å². The second-order valence-electron chi connectivity index (χ2n) is 6.54. The number of anilines is 1. The summed E-state index contributed by atoms with van der Waals surface area (Å²) < 4.78 is 1.86. The minimum atomic E-state index is -0.0164.